The molecule has 3 nitrogen and oxygen atoms in total. The summed E-state index contributed by atoms with van der Waals surface area (Å²) in [5, 5.41) is 2.90. The number of carbonyl (C=O) groups excluding carboxylic acids is 1. The van der Waals surface area contributed by atoms with E-state index in [2.05, 4.69) is 24.0 Å². The number of rotatable bonds is 4. The Morgan fingerprint density at radius 1 is 1.19 bits per heavy atom. The van der Waals surface area contributed by atoms with Crippen molar-refractivity contribution in [3.05, 3.63) is 23.8 Å². The Kier molecular flexibility index (Phi) is 4.43. The van der Waals surface area contributed by atoms with Gasteiger partial charge >= 0.3 is 0 Å². The first-order valence-corrected chi connectivity index (χ1v) is 8.50. The van der Waals surface area contributed by atoms with Gasteiger partial charge in [0.05, 0.1) is 6.61 Å². The number of thiol groups is 1. The maximum absolute atomic E-state index is 11.4. The SMILES string of the molecule is O=C1CCc2cc(OCC3(CS)CCCCC3)ccc2N1. The summed E-state index contributed by atoms with van der Waals surface area (Å²) in [5.74, 6) is 1.91. The van der Waals surface area contributed by atoms with Crippen LogP contribution in [0, 0.1) is 5.41 Å². The lowest BCUT2D eigenvalue weighted by molar-refractivity contribution is -0.116. The molecular weight excluding hydrogens is 282 g/mol. The minimum absolute atomic E-state index is 0.104. The predicted octanol–water partition coefficient (Wildman–Crippen LogP) is 3.83. The van der Waals surface area contributed by atoms with E-state index >= 15 is 0 Å². The Balaban J connectivity index is 1.66. The van der Waals surface area contributed by atoms with Crippen LogP contribution in [-0.2, 0) is 11.2 Å². The topological polar surface area (TPSA) is 38.3 Å². The second-order valence-corrected chi connectivity index (χ2v) is 6.69. The molecule has 1 saturated carbocycles. The molecule has 0 radical (unpaired) electrons. The fourth-order valence-electron chi connectivity index (χ4n) is 3.34. The summed E-state index contributed by atoms with van der Waals surface area (Å²) < 4.78 is 6.07. The molecule has 1 N–H and O–H groups in total. The van der Waals surface area contributed by atoms with Crippen LogP contribution < -0.4 is 10.1 Å². The Morgan fingerprint density at radius 3 is 2.76 bits per heavy atom. The summed E-state index contributed by atoms with van der Waals surface area (Å²) >= 11 is 4.56. The van der Waals surface area contributed by atoms with Crippen molar-refractivity contribution in [2.45, 2.75) is 44.9 Å². The number of benzene rings is 1. The first-order chi connectivity index (χ1) is 10.2. The standard InChI is InChI=1S/C17H23NO2S/c19-16-7-4-13-10-14(5-6-15(13)18-16)20-11-17(12-21)8-2-1-3-9-17/h5-6,10,21H,1-4,7-9,11-12H2,(H,18,19). The van der Waals surface area contributed by atoms with Gasteiger partial charge in [0, 0.05) is 17.5 Å². The number of hydrogen-bond acceptors (Lipinski definition) is 3. The molecule has 0 unspecified atom stereocenters. The van der Waals surface area contributed by atoms with Gasteiger partial charge in [0.15, 0.2) is 0 Å². The van der Waals surface area contributed by atoms with Crippen LogP contribution in [0.1, 0.15) is 44.1 Å². The third kappa shape index (κ3) is 3.37. The molecule has 0 atom stereocenters. The summed E-state index contributed by atoms with van der Waals surface area (Å²) in [4.78, 5) is 11.4. The summed E-state index contributed by atoms with van der Waals surface area (Å²) in [7, 11) is 0. The molecule has 1 aromatic rings. The van der Waals surface area contributed by atoms with Crippen molar-refractivity contribution in [2.75, 3.05) is 17.7 Å². The van der Waals surface area contributed by atoms with Gasteiger partial charge in [-0.05, 0) is 48.8 Å². The van der Waals surface area contributed by atoms with Crippen molar-refractivity contribution < 1.29 is 9.53 Å². The zero-order valence-corrected chi connectivity index (χ0v) is 13.3. The smallest absolute Gasteiger partial charge is 0.224 e. The molecule has 114 valence electrons. The van der Waals surface area contributed by atoms with Gasteiger partial charge in [-0.25, -0.2) is 0 Å². The van der Waals surface area contributed by atoms with Gasteiger partial charge in [0.2, 0.25) is 5.91 Å². The number of anilines is 1. The first kappa shape index (κ1) is 14.8. The Labute approximate surface area is 131 Å². The van der Waals surface area contributed by atoms with E-state index in [4.69, 9.17) is 4.74 Å². The van der Waals surface area contributed by atoms with Gasteiger partial charge < -0.3 is 10.1 Å². The summed E-state index contributed by atoms with van der Waals surface area (Å²) in [6, 6.07) is 5.99. The maximum atomic E-state index is 11.4. The molecule has 1 heterocycles. The van der Waals surface area contributed by atoms with E-state index in [1.807, 2.05) is 12.1 Å². The van der Waals surface area contributed by atoms with Gasteiger partial charge in [-0.3, -0.25) is 4.79 Å². The fraction of sp³-hybridized carbons (Fsp3) is 0.588. The number of nitrogens with one attached hydrogen (secondary N) is 1. The van der Waals surface area contributed by atoms with Gasteiger partial charge in [-0.2, -0.15) is 12.6 Å². The second-order valence-electron chi connectivity index (χ2n) is 6.37. The zero-order chi connectivity index (χ0) is 14.7. The highest BCUT2D eigenvalue weighted by Gasteiger charge is 2.31. The monoisotopic (exact) mass is 305 g/mol. The van der Waals surface area contributed by atoms with Crippen molar-refractivity contribution in [2.24, 2.45) is 5.41 Å². The highest BCUT2D eigenvalue weighted by atomic mass is 32.1. The third-order valence-electron chi connectivity index (χ3n) is 4.77. The highest BCUT2D eigenvalue weighted by Crippen LogP contribution is 2.38. The average molecular weight is 305 g/mol. The molecule has 4 heteroatoms. The zero-order valence-electron chi connectivity index (χ0n) is 12.4. The number of ether oxygens (including phenoxy) is 1. The lowest BCUT2D eigenvalue weighted by Crippen LogP contribution is -2.33. The van der Waals surface area contributed by atoms with E-state index in [1.54, 1.807) is 0 Å². The van der Waals surface area contributed by atoms with Gasteiger partial charge in [0.25, 0.3) is 0 Å². The molecule has 0 spiro atoms. The summed E-state index contributed by atoms with van der Waals surface area (Å²) in [6.07, 6.45) is 7.73. The molecule has 0 aromatic heterocycles. The lowest BCUT2D eigenvalue weighted by atomic mass is 9.76. The van der Waals surface area contributed by atoms with Crippen molar-refractivity contribution in [1.82, 2.24) is 0 Å². The number of hydrogen-bond donors (Lipinski definition) is 2. The Morgan fingerprint density at radius 2 is 2.00 bits per heavy atom. The van der Waals surface area contributed by atoms with Crippen LogP contribution in [0.2, 0.25) is 0 Å². The van der Waals surface area contributed by atoms with Crippen molar-refractivity contribution in [3.63, 3.8) is 0 Å². The molecule has 0 bridgehead atoms. The lowest BCUT2D eigenvalue weighted by Gasteiger charge is -2.35. The van der Waals surface area contributed by atoms with Crippen LogP contribution in [0.5, 0.6) is 5.75 Å². The second kappa shape index (κ2) is 6.30. The molecular formula is C17H23NO2S. The average Bonchev–Trinajstić information content (AvgIpc) is 2.54. The van der Waals surface area contributed by atoms with Gasteiger partial charge in [-0.15, -0.1) is 0 Å². The van der Waals surface area contributed by atoms with Crippen LogP contribution in [0.25, 0.3) is 0 Å². The number of amides is 1. The van der Waals surface area contributed by atoms with Crippen molar-refractivity contribution in [1.29, 1.82) is 0 Å². The number of fused-ring (bicyclic) bond motifs is 1. The Bertz CT molecular complexity index is 524. The molecule has 1 aliphatic heterocycles. The molecule has 1 amide bonds. The highest BCUT2D eigenvalue weighted by molar-refractivity contribution is 7.80. The minimum atomic E-state index is 0.104. The van der Waals surface area contributed by atoms with Crippen LogP contribution in [-0.4, -0.2) is 18.3 Å². The largest absolute Gasteiger partial charge is 0.493 e. The van der Waals surface area contributed by atoms with Crippen LogP contribution in [0.3, 0.4) is 0 Å². The van der Waals surface area contributed by atoms with E-state index in [9.17, 15) is 4.79 Å². The molecule has 1 fully saturated rings. The van der Waals surface area contributed by atoms with Gasteiger partial charge in [0.1, 0.15) is 5.75 Å². The maximum Gasteiger partial charge on any atom is 0.224 e. The number of aryl methyl sites for hydroxylation is 1. The normalized spacial score (nSPS) is 20.5. The van der Waals surface area contributed by atoms with E-state index < -0.39 is 0 Å². The number of carbonyl (C=O) groups is 1. The van der Waals surface area contributed by atoms with E-state index in [-0.39, 0.29) is 11.3 Å². The quantitative estimate of drug-likeness (QED) is 0.830. The molecule has 1 aliphatic carbocycles. The van der Waals surface area contributed by atoms with Gasteiger partial charge in [-0.1, -0.05) is 19.3 Å². The summed E-state index contributed by atoms with van der Waals surface area (Å²) in [6.45, 7) is 0.752. The summed E-state index contributed by atoms with van der Waals surface area (Å²) in [5.41, 5.74) is 2.35. The molecule has 3 rings (SSSR count). The third-order valence-corrected chi connectivity index (χ3v) is 5.44. The fourth-order valence-corrected chi connectivity index (χ4v) is 3.74. The first-order valence-electron chi connectivity index (χ1n) is 7.87. The van der Waals surface area contributed by atoms with Crippen molar-refractivity contribution in [3.8, 4) is 5.75 Å². The molecule has 2 aliphatic rings. The molecule has 1 aromatic carbocycles. The van der Waals surface area contributed by atoms with E-state index in [1.165, 1.54) is 37.7 Å². The van der Waals surface area contributed by atoms with E-state index in [0.29, 0.717) is 6.42 Å². The Hall–Kier alpha value is -1.16. The van der Waals surface area contributed by atoms with E-state index in [0.717, 1.165) is 30.2 Å². The predicted molar refractivity (Wildman–Crippen MR) is 88.3 cm³/mol. The molecule has 21 heavy (non-hydrogen) atoms. The minimum Gasteiger partial charge on any atom is -0.493 e. The van der Waals surface area contributed by atoms with Crippen LogP contribution in [0.4, 0.5) is 5.69 Å². The molecule has 0 saturated heterocycles. The van der Waals surface area contributed by atoms with Crippen LogP contribution in [0.15, 0.2) is 18.2 Å². The van der Waals surface area contributed by atoms with Crippen LogP contribution >= 0.6 is 12.6 Å². The van der Waals surface area contributed by atoms with Crippen molar-refractivity contribution >= 4 is 24.2 Å².